The van der Waals surface area contributed by atoms with Gasteiger partial charge < -0.3 is 65.1 Å². The van der Waals surface area contributed by atoms with E-state index in [9.17, 15) is 33.6 Å². The van der Waals surface area contributed by atoms with Crippen molar-refractivity contribution in [2.75, 3.05) is 78.3 Å². The van der Waals surface area contributed by atoms with Crippen LogP contribution in [0.15, 0.2) is 11.0 Å². The maximum atomic E-state index is 12.6. The van der Waals surface area contributed by atoms with Crippen LogP contribution >= 0.6 is 15.6 Å². The van der Waals surface area contributed by atoms with Crippen LogP contribution in [0.3, 0.4) is 0 Å². The van der Waals surface area contributed by atoms with Gasteiger partial charge in [-0.15, -0.1) is 0 Å². The summed E-state index contributed by atoms with van der Waals surface area (Å²) in [6.07, 6.45) is -5.06. The smallest absolute Gasteiger partial charge is 0.386 e. The van der Waals surface area contributed by atoms with E-state index in [1.54, 1.807) is 0 Å². The lowest BCUT2D eigenvalue weighted by Gasteiger charge is -2.21. The van der Waals surface area contributed by atoms with Gasteiger partial charge in [-0.3, -0.25) is 18.4 Å². The highest BCUT2D eigenvalue weighted by Gasteiger charge is 2.49. The lowest BCUT2D eigenvalue weighted by molar-refractivity contribution is -0.122. The zero-order chi connectivity index (χ0) is 34.2. The third-order valence-electron chi connectivity index (χ3n) is 6.11. The zero-order valence-corrected chi connectivity index (χ0v) is 26.7. The number of carbonyl (C=O) groups excluding carboxylic acids is 1. The lowest BCUT2D eigenvalue weighted by Crippen LogP contribution is -2.38. The highest BCUT2D eigenvalue weighted by Crippen LogP contribution is 2.45. The van der Waals surface area contributed by atoms with Crippen LogP contribution in [0.5, 0.6) is 0 Å². The first-order valence-corrected chi connectivity index (χ1v) is 17.2. The Balaban J connectivity index is 1.76. The van der Waals surface area contributed by atoms with Gasteiger partial charge in [-0.05, 0) is 12.8 Å². The average molecular weight is 708 g/mol. The Bertz CT molecular complexity index is 1210. The van der Waals surface area contributed by atoms with Gasteiger partial charge in [-0.25, -0.2) is 13.9 Å². The van der Waals surface area contributed by atoms with E-state index in [-0.39, 0.29) is 37.7 Å². The quantitative estimate of drug-likeness (QED) is 0.0395. The molecule has 0 bridgehead atoms. The van der Waals surface area contributed by atoms with Crippen molar-refractivity contribution in [3.8, 4) is 0 Å². The molecule has 0 spiro atoms. The van der Waals surface area contributed by atoms with Crippen molar-refractivity contribution >= 4 is 27.4 Å². The molecule has 1 fully saturated rings. The molecular weight excluding hydrogens is 664 g/mol. The second kappa shape index (κ2) is 20.5. The molecule has 10 N–H and O–H groups in total. The van der Waals surface area contributed by atoms with E-state index in [2.05, 4.69) is 19.3 Å². The molecule has 266 valence electrons. The van der Waals surface area contributed by atoms with E-state index in [0.717, 1.165) is 4.57 Å². The molecule has 4 atom stereocenters. The number of nitrogens with zero attached hydrogens (tertiary/aromatic N) is 2. The summed E-state index contributed by atoms with van der Waals surface area (Å²) in [5.74, 6) is -0.396. The summed E-state index contributed by atoms with van der Waals surface area (Å²) < 4.78 is 58.9. The number of rotatable bonds is 24. The molecular formula is C23H43N5O16P2. The number of hydrogen-bond acceptors (Lipinski definition) is 15. The molecule has 1 aromatic rings. The normalized spacial score (nSPS) is 20.3. The van der Waals surface area contributed by atoms with Crippen molar-refractivity contribution in [3.05, 3.63) is 22.2 Å². The van der Waals surface area contributed by atoms with Crippen molar-refractivity contribution < 1.29 is 71.3 Å². The summed E-state index contributed by atoms with van der Waals surface area (Å²) in [5, 5.41) is 13.4. The van der Waals surface area contributed by atoms with Gasteiger partial charge in [0.05, 0.1) is 59.5 Å². The fourth-order valence-corrected chi connectivity index (χ4v) is 4.96. The van der Waals surface area contributed by atoms with E-state index in [1.807, 2.05) is 0 Å². The summed E-state index contributed by atoms with van der Waals surface area (Å²) in [6, 6.07) is 0. The molecule has 1 amide bonds. The number of nitrogens with one attached hydrogen (secondary N) is 1. The molecule has 2 heterocycles. The number of nitrogen functional groups attached to an aromatic ring is 1. The number of aromatic nitrogens is 2. The standard InChI is InChI=1S/C23H43N5O16P2/c24-4-7-39-9-11-41-13-12-40-10-8-38-6-3-18(29)26-5-1-2-16-14-28(23(31)27-21(16)25)22-19(30)20(44-46(35,36)37)17(43-22)15-42-45(32,33)34/h14,17,19-20,22,30H,1-13,15,24H2,(H,26,29)(H2,25,27,31)(H2,32,33,34)(H2,35,36,37)/t17-,19+,20?,22-/m1/s1. The monoisotopic (exact) mass is 707 g/mol. The molecule has 0 saturated carbocycles. The van der Waals surface area contributed by atoms with Crippen molar-refractivity contribution in [1.82, 2.24) is 14.9 Å². The van der Waals surface area contributed by atoms with Gasteiger partial charge in [0.1, 0.15) is 24.1 Å². The van der Waals surface area contributed by atoms with Crippen LogP contribution in [0, 0.1) is 0 Å². The molecule has 1 saturated heterocycles. The highest BCUT2D eigenvalue weighted by molar-refractivity contribution is 7.46. The minimum absolute atomic E-state index is 0.113. The minimum Gasteiger partial charge on any atom is -0.386 e. The maximum Gasteiger partial charge on any atom is 0.470 e. The number of aryl methyl sites for hydroxylation is 1. The molecule has 1 aliphatic rings. The molecule has 2 rings (SSSR count). The summed E-state index contributed by atoms with van der Waals surface area (Å²) in [4.78, 5) is 64.7. The molecule has 23 heteroatoms. The molecule has 0 aliphatic carbocycles. The zero-order valence-electron chi connectivity index (χ0n) is 25.0. The summed E-state index contributed by atoms with van der Waals surface area (Å²) in [7, 11) is -10.3. The van der Waals surface area contributed by atoms with Crippen LogP contribution in [-0.2, 0) is 53.1 Å². The second-order valence-corrected chi connectivity index (χ2v) is 12.1. The van der Waals surface area contributed by atoms with Crippen molar-refractivity contribution in [2.45, 2.75) is 43.8 Å². The number of nitrogens with two attached hydrogens (primary N) is 2. The first-order chi connectivity index (χ1) is 21.7. The number of phosphoric acid groups is 2. The second-order valence-electron chi connectivity index (χ2n) is 9.69. The Hall–Kier alpha value is -1.91. The first-order valence-electron chi connectivity index (χ1n) is 14.1. The number of hydrogen-bond donors (Lipinski definition) is 8. The van der Waals surface area contributed by atoms with Crippen LogP contribution in [0.1, 0.15) is 24.6 Å². The topological polar surface area (TPSA) is 316 Å². The van der Waals surface area contributed by atoms with Crippen molar-refractivity contribution in [2.24, 2.45) is 5.73 Å². The van der Waals surface area contributed by atoms with Crippen LogP contribution in [0.25, 0.3) is 0 Å². The fourth-order valence-electron chi connectivity index (χ4n) is 4.04. The molecule has 0 aromatic carbocycles. The van der Waals surface area contributed by atoms with Gasteiger partial charge in [0.2, 0.25) is 5.91 Å². The summed E-state index contributed by atoms with van der Waals surface area (Å²) >= 11 is 0. The number of anilines is 1. The van der Waals surface area contributed by atoms with E-state index in [1.165, 1.54) is 6.20 Å². The van der Waals surface area contributed by atoms with Crippen LogP contribution in [0.2, 0.25) is 0 Å². The predicted octanol–water partition coefficient (Wildman–Crippen LogP) is -2.86. The molecule has 0 radical (unpaired) electrons. The van der Waals surface area contributed by atoms with Crippen molar-refractivity contribution in [3.63, 3.8) is 0 Å². The van der Waals surface area contributed by atoms with Crippen LogP contribution in [-0.4, -0.2) is 131 Å². The fraction of sp³-hybridized carbons (Fsp3) is 0.783. The van der Waals surface area contributed by atoms with E-state index >= 15 is 0 Å². The van der Waals surface area contributed by atoms with Gasteiger partial charge in [0, 0.05) is 31.3 Å². The number of carbonyl (C=O) groups is 1. The maximum absolute atomic E-state index is 12.6. The van der Waals surface area contributed by atoms with Crippen LogP contribution < -0.4 is 22.5 Å². The van der Waals surface area contributed by atoms with Gasteiger partial charge in [0.25, 0.3) is 0 Å². The SMILES string of the molecule is NCCOCCOCCOCCOCCC(=O)NCCCc1cn([C@@H]2O[C@H](COP(=O)(O)O)C(OP(=O)(O)O)[C@@H]2O)c(=O)nc1N. The molecule has 1 aromatic heterocycles. The van der Waals surface area contributed by atoms with E-state index in [4.69, 9.17) is 44.9 Å². The Morgan fingerprint density at radius 1 is 0.978 bits per heavy atom. The summed E-state index contributed by atoms with van der Waals surface area (Å²) in [5.41, 5.74) is 10.5. The molecule has 1 aliphatic heterocycles. The molecule has 1 unspecified atom stereocenters. The Labute approximate surface area is 263 Å². The van der Waals surface area contributed by atoms with Crippen LogP contribution in [0.4, 0.5) is 5.82 Å². The van der Waals surface area contributed by atoms with Gasteiger partial charge >= 0.3 is 21.3 Å². The number of aliphatic hydroxyl groups is 1. The van der Waals surface area contributed by atoms with Gasteiger partial charge in [0.15, 0.2) is 6.23 Å². The third kappa shape index (κ3) is 15.8. The lowest BCUT2D eigenvalue weighted by atomic mass is 10.1. The Morgan fingerprint density at radius 3 is 2.13 bits per heavy atom. The predicted molar refractivity (Wildman–Crippen MR) is 156 cm³/mol. The Morgan fingerprint density at radius 2 is 1.57 bits per heavy atom. The highest BCUT2D eigenvalue weighted by atomic mass is 31.2. The number of phosphoric ester groups is 2. The summed E-state index contributed by atoms with van der Waals surface area (Å²) in [6.45, 7) is 2.81. The number of ether oxygens (including phenoxy) is 5. The largest absolute Gasteiger partial charge is 0.470 e. The average Bonchev–Trinajstić information content (AvgIpc) is 3.26. The number of aliphatic hydroxyl groups excluding tert-OH is 1. The van der Waals surface area contributed by atoms with E-state index in [0.29, 0.717) is 64.8 Å². The van der Waals surface area contributed by atoms with Gasteiger partial charge in [-0.2, -0.15) is 4.98 Å². The molecule has 21 nitrogen and oxygen atoms in total. The molecule has 46 heavy (non-hydrogen) atoms. The minimum atomic E-state index is -5.22. The first kappa shape index (κ1) is 40.3. The third-order valence-corrected chi connectivity index (χ3v) is 7.11. The Kier molecular flexibility index (Phi) is 17.9. The number of amides is 1. The van der Waals surface area contributed by atoms with Gasteiger partial charge in [-0.1, -0.05) is 0 Å². The van der Waals surface area contributed by atoms with E-state index < -0.39 is 52.5 Å². The van der Waals surface area contributed by atoms with Crippen molar-refractivity contribution in [1.29, 1.82) is 0 Å².